The third-order valence-electron chi connectivity index (χ3n) is 4.97. The van der Waals surface area contributed by atoms with E-state index in [0.29, 0.717) is 12.6 Å². The standard InChI is InChI=1S/C21H37N5O2S.HI/c1-5-22-21(24-15-20-8-7-13-26(20)6-2)23-14-18-9-11-19(12-10-18)16-29(27,28)25-17(3)4;/h9-12,17,20,25H,5-8,13-16H2,1-4H3,(H2,22,23,24);1H. The Labute approximate surface area is 199 Å². The molecule has 1 atom stereocenters. The van der Waals surface area contributed by atoms with Crippen LogP contribution in [0.4, 0.5) is 0 Å². The maximum atomic E-state index is 12.1. The molecule has 30 heavy (non-hydrogen) atoms. The van der Waals surface area contributed by atoms with Crippen LogP contribution in [0.3, 0.4) is 0 Å². The zero-order chi connectivity index (χ0) is 21.3. The van der Waals surface area contributed by atoms with Crippen LogP contribution in [-0.4, -0.2) is 57.5 Å². The molecule has 1 aromatic carbocycles. The molecule has 1 aliphatic rings. The highest BCUT2D eigenvalue weighted by molar-refractivity contribution is 14.0. The Morgan fingerprint density at radius 1 is 1.17 bits per heavy atom. The molecular formula is C21H38IN5O2S. The van der Waals surface area contributed by atoms with Gasteiger partial charge in [-0.1, -0.05) is 31.2 Å². The van der Waals surface area contributed by atoms with Crippen molar-refractivity contribution in [2.24, 2.45) is 4.99 Å². The number of rotatable bonds is 10. The van der Waals surface area contributed by atoms with Gasteiger partial charge in [-0.05, 0) is 57.8 Å². The lowest BCUT2D eigenvalue weighted by Crippen LogP contribution is -2.44. The number of benzene rings is 1. The van der Waals surface area contributed by atoms with Crippen LogP contribution in [0.15, 0.2) is 29.3 Å². The molecule has 0 aliphatic carbocycles. The van der Waals surface area contributed by atoms with Crippen LogP contribution < -0.4 is 15.4 Å². The minimum atomic E-state index is -3.30. The molecule has 1 unspecified atom stereocenters. The number of aliphatic imine (C=N–C) groups is 1. The van der Waals surface area contributed by atoms with E-state index in [-0.39, 0.29) is 35.8 Å². The van der Waals surface area contributed by atoms with Crippen LogP contribution in [0.5, 0.6) is 0 Å². The molecule has 1 aliphatic heterocycles. The quantitative estimate of drug-likeness (QED) is 0.237. The molecule has 0 spiro atoms. The second-order valence-electron chi connectivity index (χ2n) is 7.85. The Morgan fingerprint density at radius 3 is 2.43 bits per heavy atom. The van der Waals surface area contributed by atoms with Gasteiger partial charge < -0.3 is 10.6 Å². The molecule has 0 saturated carbocycles. The second-order valence-corrected chi connectivity index (χ2v) is 9.60. The van der Waals surface area contributed by atoms with E-state index in [4.69, 9.17) is 0 Å². The molecule has 1 saturated heterocycles. The number of likely N-dealkylation sites (N-methyl/N-ethyl adjacent to an activating group) is 1. The predicted molar refractivity (Wildman–Crippen MR) is 136 cm³/mol. The summed E-state index contributed by atoms with van der Waals surface area (Å²) < 4.78 is 26.7. The van der Waals surface area contributed by atoms with Gasteiger partial charge in [0, 0.05) is 25.2 Å². The van der Waals surface area contributed by atoms with Gasteiger partial charge in [-0.25, -0.2) is 18.1 Å². The first kappa shape index (κ1) is 27.1. The molecule has 172 valence electrons. The summed E-state index contributed by atoms with van der Waals surface area (Å²) in [7, 11) is -3.30. The molecule has 9 heteroatoms. The first-order chi connectivity index (χ1) is 13.8. The number of hydrogen-bond donors (Lipinski definition) is 3. The third kappa shape index (κ3) is 9.49. The molecule has 1 fully saturated rings. The van der Waals surface area contributed by atoms with Crippen molar-refractivity contribution in [3.8, 4) is 0 Å². The number of nitrogens with zero attached hydrogens (tertiary/aromatic N) is 2. The van der Waals surface area contributed by atoms with Crippen LogP contribution >= 0.6 is 24.0 Å². The Balaban J connectivity index is 0.00000450. The largest absolute Gasteiger partial charge is 0.357 e. The number of guanidine groups is 1. The molecule has 0 aromatic heterocycles. The summed E-state index contributed by atoms with van der Waals surface area (Å²) in [6.07, 6.45) is 2.50. The topological polar surface area (TPSA) is 85.8 Å². The van der Waals surface area contributed by atoms with E-state index in [9.17, 15) is 8.42 Å². The highest BCUT2D eigenvalue weighted by Gasteiger charge is 2.22. The SMILES string of the molecule is CCNC(=NCc1ccc(CS(=O)(=O)NC(C)C)cc1)NCC1CCCN1CC.I. The van der Waals surface area contributed by atoms with Crippen molar-refractivity contribution >= 4 is 40.0 Å². The normalized spacial score (nSPS) is 17.8. The minimum Gasteiger partial charge on any atom is -0.357 e. The van der Waals surface area contributed by atoms with Crippen LogP contribution in [0.1, 0.15) is 51.7 Å². The maximum Gasteiger partial charge on any atom is 0.216 e. The van der Waals surface area contributed by atoms with Gasteiger partial charge in [0.1, 0.15) is 0 Å². The van der Waals surface area contributed by atoms with Crippen LogP contribution in [-0.2, 0) is 22.3 Å². The van der Waals surface area contributed by atoms with Crippen LogP contribution in [0.2, 0.25) is 0 Å². The molecule has 1 heterocycles. The van der Waals surface area contributed by atoms with Gasteiger partial charge in [0.2, 0.25) is 10.0 Å². The van der Waals surface area contributed by atoms with Crippen LogP contribution in [0.25, 0.3) is 0 Å². The molecule has 1 aromatic rings. The lowest BCUT2D eigenvalue weighted by atomic mass is 10.1. The van der Waals surface area contributed by atoms with Gasteiger partial charge >= 0.3 is 0 Å². The van der Waals surface area contributed by atoms with Gasteiger partial charge in [0.05, 0.1) is 12.3 Å². The van der Waals surface area contributed by atoms with Gasteiger partial charge in [-0.3, -0.25) is 4.90 Å². The van der Waals surface area contributed by atoms with Crippen molar-refractivity contribution in [2.75, 3.05) is 26.2 Å². The average molecular weight is 552 g/mol. The lowest BCUT2D eigenvalue weighted by molar-refractivity contribution is 0.267. The first-order valence-corrected chi connectivity index (χ1v) is 12.3. The summed E-state index contributed by atoms with van der Waals surface area (Å²) in [4.78, 5) is 7.20. The monoisotopic (exact) mass is 551 g/mol. The zero-order valence-electron chi connectivity index (χ0n) is 18.6. The minimum absolute atomic E-state index is 0. The fraction of sp³-hybridized carbons (Fsp3) is 0.667. The van der Waals surface area contributed by atoms with Crippen molar-refractivity contribution in [3.63, 3.8) is 0 Å². The number of hydrogen-bond acceptors (Lipinski definition) is 4. The van der Waals surface area contributed by atoms with Crippen molar-refractivity contribution in [3.05, 3.63) is 35.4 Å². The highest BCUT2D eigenvalue weighted by Crippen LogP contribution is 2.15. The smallest absolute Gasteiger partial charge is 0.216 e. The van der Waals surface area contributed by atoms with Gasteiger partial charge in [-0.2, -0.15) is 0 Å². The second kappa shape index (κ2) is 13.5. The Kier molecular flexibility index (Phi) is 12.2. The number of sulfonamides is 1. The van der Waals surface area contributed by atoms with Crippen molar-refractivity contribution < 1.29 is 8.42 Å². The van der Waals surface area contributed by atoms with E-state index in [1.54, 1.807) is 0 Å². The van der Waals surface area contributed by atoms with Crippen molar-refractivity contribution in [2.45, 2.75) is 64.9 Å². The summed E-state index contributed by atoms with van der Waals surface area (Å²) in [6, 6.07) is 8.10. The molecule has 0 bridgehead atoms. The molecule has 0 radical (unpaired) electrons. The van der Waals surface area contributed by atoms with E-state index in [1.165, 1.54) is 19.4 Å². The fourth-order valence-corrected chi connectivity index (χ4v) is 5.06. The van der Waals surface area contributed by atoms with Crippen LogP contribution in [0, 0.1) is 0 Å². The van der Waals surface area contributed by atoms with E-state index in [1.807, 2.05) is 38.1 Å². The van der Waals surface area contributed by atoms with Crippen molar-refractivity contribution in [1.82, 2.24) is 20.3 Å². The molecule has 0 amide bonds. The third-order valence-corrected chi connectivity index (χ3v) is 6.51. The fourth-order valence-electron chi connectivity index (χ4n) is 3.63. The Hall–Kier alpha value is -0.910. The average Bonchev–Trinajstić information content (AvgIpc) is 3.11. The first-order valence-electron chi connectivity index (χ1n) is 10.7. The summed E-state index contributed by atoms with van der Waals surface area (Å²) in [5.41, 5.74) is 1.83. The summed E-state index contributed by atoms with van der Waals surface area (Å²) in [6.45, 7) is 12.5. The Morgan fingerprint density at radius 2 is 1.83 bits per heavy atom. The lowest BCUT2D eigenvalue weighted by Gasteiger charge is -2.24. The molecular weight excluding hydrogens is 513 g/mol. The molecule has 7 nitrogen and oxygen atoms in total. The summed E-state index contributed by atoms with van der Waals surface area (Å²) >= 11 is 0. The molecule has 3 N–H and O–H groups in total. The number of nitrogens with one attached hydrogen (secondary N) is 3. The predicted octanol–water partition coefficient (Wildman–Crippen LogP) is 2.67. The van der Waals surface area contributed by atoms with E-state index >= 15 is 0 Å². The maximum absolute atomic E-state index is 12.1. The van der Waals surface area contributed by atoms with E-state index in [0.717, 1.165) is 36.7 Å². The van der Waals surface area contributed by atoms with Gasteiger partial charge in [0.25, 0.3) is 0 Å². The van der Waals surface area contributed by atoms with E-state index < -0.39 is 10.0 Å². The summed E-state index contributed by atoms with van der Waals surface area (Å²) in [5, 5.41) is 6.77. The summed E-state index contributed by atoms with van der Waals surface area (Å²) in [5.74, 6) is 0.817. The van der Waals surface area contributed by atoms with Gasteiger partial charge in [-0.15, -0.1) is 24.0 Å². The number of likely N-dealkylation sites (tertiary alicyclic amines) is 1. The van der Waals surface area contributed by atoms with Crippen molar-refractivity contribution in [1.29, 1.82) is 0 Å². The highest BCUT2D eigenvalue weighted by atomic mass is 127. The molecule has 2 rings (SSSR count). The van der Waals surface area contributed by atoms with E-state index in [2.05, 4.69) is 39.1 Å². The Bertz CT molecular complexity index is 753. The number of halogens is 1. The zero-order valence-corrected chi connectivity index (χ0v) is 21.8. The van der Waals surface area contributed by atoms with Gasteiger partial charge in [0.15, 0.2) is 5.96 Å².